The molecule has 0 saturated heterocycles. The number of fused-ring (bicyclic) bond motifs is 3. The first kappa shape index (κ1) is 21.6. The van der Waals surface area contributed by atoms with Crippen LogP contribution in [0.25, 0.3) is 11.1 Å². The lowest BCUT2D eigenvalue weighted by molar-refractivity contribution is -0.148. The lowest BCUT2D eigenvalue weighted by Gasteiger charge is -2.44. The van der Waals surface area contributed by atoms with Crippen molar-refractivity contribution in [1.82, 2.24) is 5.32 Å². The van der Waals surface area contributed by atoms with Gasteiger partial charge >= 0.3 is 12.1 Å². The number of carboxylic acid groups (broad SMARTS) is 1. The van der Waals surface area contributed by atoms with Gasteiger partial charge in [-0.15, -0.1) is 0 Å². The zero-order valence-electron chi connectivity index (χ0n) is 17.6. The second-order valence-corrected chi connectivity index (χ2v) is 9.45. The van der Waals surface area contributed by atoms with Crippen LogP contribution in [0.4, 0.5) is 9.18 Å². The van der Waals surface area contributed by atoms with Crippen LogP contribution in [0.5, 0.6) is 0 Å². The van der Waals surface area contributed by atoms with Gasteiger partial charge in [0, 0.05) is 12.0 Å². The van der Waals surface area contributed by atoms with Crippen molar-refractivity contribution in [3.8, 4) is 11.1 Å². The highest BCUT2D eigenvalue weighted by atomic mass is 79.9. The highest BCUT2D eigenvalue weighted by Crippen LogP contribution is 2.46. The molecule has 0 aromatic heterocycles. The minimum atomic E-state index is -1.16. The third-order valence-corrected chi connectivity index (χ3v) is 7.34. The smallest absolute Gasteiger partial charge is 0.407 e. The number of carbonyl (C=O) groups is 2. The molecule has 0 unspecified atom stereocenters. The van der Waals surface area contributed by atoms with Gasteiger partial charge in [-0.2, -0.15) is 0 Å². The number of rotatable bonds is 5. The molecule has 0 atom stereocenters. The van der Waals surface area contributed by atoms with Crippen molar-refractivity contribution >= 4 is 28.0 Å². The molecule has 0 spiro atoms. The predicted molar refractivity (Wildman–Crippen MR) is 125 cm³/mol. The molecule has 0 bridgehead atoms. The summed E-state index contributed by atoms with van der Waals surface area (Å²) in [5, 5.41) is 12.6. The standard InChI is InChI=1S/C26H21BrFNO4/c27-22-11-15(9-10-23(22)28)26(24(30)31)12-16(13-26)29-25(32)33-14-21-19-7-3-1-5-17(19)18-6-2-4-8-20(18)21/h1-11,16,21H,12-14H2,(H,29,32)(H,30,31). The minimum Gasteiger partial charge on any atom is -0.481 e. The number of hydrogen-bond donors (Lipinski definition) is 2. The van der Waals surface area contributed by atoms with Gasteiger partial charge in [0.1, 0.15) is 12.4 Å². The summed E-state index contributed by atoms with van der Waals surface area (Å²) in [5.41, 5.74) is 3.91. The molecular formula is C26H21BrFNO4. The third-order valence-electron chi connectivity index (χ3n) is 6.74. The number of alkyl carbamates (subject to hydrolysis) is 1. The number of aliphatic carboxylic acids is 1. The minimum absolute atomic E-state index is 0.0424. The third kappa shape index (κ3) is 3.70. The van der Waals surface area contributed by atoms with Crippen LogP contribution < -0.4 is 5.32 Å². The maximum Gasteiger partial charge on any atom is 0.407 e. The van der Waals surface area contributed by atoms with Crippen LogP contribution in [0.15, 0.2) is 71.2 Å². The lowest BCUT2D eigenvalue weighted by atomic mass is 9.61. The van der Waals surface area contributed by atoms with E-state index in [1.807, 2.05) is 24.3 Å². The fourth-order valence-corrected chi connectivity index (χ4v) is 5.40. The fourth-order valence-electron chi connectivity index (χ4n) is 5.02. The van der Waals surface area contributed by atoms with E-state index in [4.69, 9.17) is 4.74 Å². The highest BCUT2D eigenvalue weighted by molar-refractivity contribution is 9.10. The highest BCUT2D eigenvalue weighted by Gasteiger charge is 2.52. The van der Waals surface area contributed by atoms with Gasteiger partial charge in [-0.3, -0.25) is 4.79 Å². The molecule has 2 aliphatic rings. The summed E-state index contributed by atoms with van der Waals surface area (Å²) in [7, 11) is 0. The normalized spacial score (nSPS) is 21.0. The van der Waals surface area contributed by atoms with Gasteiger partial charge in [0.05, 0.1) is 9.89 Å². The molecule has 1 saturated carbocycles. The zero-order chi connectivity index (χ0) is 23.2. The second kappa shape index (κ2) is 8.30. The Morgan fingerprint density at radius 1 is 1.03 bits per heavy atom. The Kier molecular flexibility index (Phi) is 5.44. The van der Waals surface area contributed by atoms with Crippen molar-refractivity contribution in [1.29, 1.82) is 0 Å². The van der Waals surface area contributed by atoms with E-state index in [1.165, 1.54) is 18.2 Å². The van der Waals surface area contributed by atoms with E-state index in [2.05, 4.69) is 45.5 Å². The molecule has 1 amide bonds. The van der Waals surface area contributed by atoms with E-state index in [1.54, 1.807) is 0 Å². The van der Waals surface area contributed by atoms with E-state index >= 15 is 0 Å². The summed E-state index contributed by atoms with van der Waals surface area (Å²) in [5.74, 6) is -1.49. The quantitative estimate of drug-likeness (QED) is 0.468. The molecule has 0 heterocycles. The first-order valence-corrected chi connectivity index (χ1v) is 11.5. The Balaban J connectivity index is 1.23. The van der Waals surface area contributed by atoms with Crippen LogP contribution in [0, 0.1) is 5.82 Å². The maximum absolute atomic E-state index is 13.6. The van der Waals surface area contributed by atoms with Crippen molar-refractivity contribution in [2.45, 2.75) is 30.2 Å². The Bertz CT molecular complexity index is 1210. The Hall–Kier alpha value is -3.19. The van der Waals surface area contributed by atoms with Crippen LogP contribution in [0.2, 0.25) is 0 Å². The van der Waals surface area contributed by atoms with E-state index < -0.39 is 23.3 Å². The second-order valence-electron chi connectivity index (χ2n) is 8.59. The van der Waals surface area contributed by atoms with E-state index in [0.29, 0.717) is 5.56 Å². The monoisotopic (exact) mass is 509 g/mol. The molecular weight excluding hydrogens is 489 g/mol. The fraction of sp³-hybridized carbons (Fsp3) is 0.231. The summed E-state index contributed by atoms with van der Waals surface area (Å²) in [6, 6.07) is 20.1. The average molecular weight is 510 g/mol. The van der Waals surface area contributed by atoms with Crippen molar-refractivity contribution in [2.24, 2.45) is 0 Å². The first-order chi connectivity index (χ1) is 15.9. The number of amides is 1. The van der Waals surface area contributed by atoms with Gasteiger partial charge in [0.2, 0.25) is 0 Å². The number of ether oxygens (including phenoxy) is 1. The number of carbonyl (C=O) groups excluding carboxylic acids is 1. The molecule has 3 aromatic rings. The van der Waals surface area contributed by atoms with Crippen LogP contribution in [0.1, 0.15) is 35.4 Å². The van der Waals surface area contributed by atoms with Crippen molar-refractivity contribution in [3.05, 3.63) is 93.7 Å². The molecule has 0 aliphatic heterocycles. The molecule has 3 aromatic carbocycles. The first-order valence-electron chi connectivity index (χ1n) is 10.7. The van der Waals surface area contributed by atoms with Crippen LogP contribution in [-0.4, -0.2) is 29.8 Å². The van der Waals surface area contributed by atoms with Gasteiger partial charge < -0.3 is 15.2 Å². The molecule has 168 valence electrons. The van der Waals surface area contributed by atoms with E-state index in [-0.39, 0.29) is 35.9 Å². The summed E-state index contributed by atoms with van der Waals surface area (Å²) in [6.45, 7) is 0.196. The van der Waals surface area contributed by atoms with Gasteiger partial charge in [-0.25, -0.2) is 9.18 Å². The average Bonchev–Trinajstić information content (AvgIpc) is 3.10. The molecule has 1 fully saturated rings. The van der Waals surface area contributed by atoms with Crippen LogP contribution in [-0.2, 0) is 14.9 Å². The number of carboxylic acids is 1. The largest absolute Gasteiger partial charge is 0.481 e. The summed E-state index contributed by atoms with van der Waals surface area (Å²) in [6.07, 6.45) is -0.143. The SMILES string of the molecule is O=C(NC1CC(C(=O)O)(c2ccc(F)c(Br)c2)C1)OCC1c2ccccc2-c2ccccc21. The number of benzene rings is 3. The number of halogens is 2. The maximum atomic E-state index is 13.6. The molecule has 2 aliphatic carbocycles. The van der Waals surface area contributed by atoms with Gasteiger partial charge in [-0.1, -0.05) is 54.6 Å². The summed E-state index contributed by atoms with van der Waals surface area (Å²) >= 11 is 3.11. The van der Waals surface area contributed by atoms with Gasteiger partial charge in [-0.05, 0) is 68.7 Å². The summed E-state index contributed by atoms with van der Waals surface area (Å²) < 4.78 is 19.4. The van der Waals surface area contributed by atoms with E-state index in [0.717, 1.165) is 22.3 Å². The topological polar surface area (TPSA) is 75.6 Å². The van der Waals surface area contributed by atoms with Gasteiger partial charge in [0.15, 0.2) is 0 Å². The van der Waals surface area contributed by atoms with Crippen molar-refractivity contribution in [2.75, 3.05) is 6.61 Å². The molecule has 7 heteroatoms. The molecule has 5 rings (SSSR count). The van der Waals surface area contributed by atoms with Crippen LogP contribution >= 0.6 is 15.9 Å². The van der Waals surface area contributed by atoms with Gasteiger partial charge in [0.25, 0.3) is 0 Å². The molecule has 0 radical (unpaired) electrons. The Labute approximate surface area is 198 Å². The van der Waals surface area contributed by atoms with Crippen LogP contribution in [0.3, 0.4) is 0 Å². The predicted octanol–water partition coefficient (Wildman–Crippen LogP) is 5.61. The van der Waals surface area contributed by atoms with Crippen molar-refractivity contribution < 1.29 is 23.8 Å². The Morgan fingerprint density at radius 3 is 2.21 bits per heavy atom. The number of hydrogen-bond acceptors (Lipinski definition) is 3. The van der Waals surface area contributed by atoms with E-state index in [9.17, 15) is 19.1 Å². The zero-order valence-corrected chi connectivity index (χ0v) is 19.1. The molecule has 2 N–H and O–H groups in total. The number of nitrogens with one attached hydrogen (secondary N) is 1. The van der Waals surface area contributed by atoms with Crippen molar-refractivity contribution in [3.63, 3.8) is 0 Å². The molecule has 33 heavy (non-hydrogen) atoms. The molecule has 5 nitrogen and oxygen atoms in total. The Morgan fingerprint density at radius 2 is 1.64 bits per heavy atom. The lowest BCUT2D eigenvalue weighted by Crippen LogP contribution is -2.57. The summed E-state index contributed by atoms with van der Waals surface area (Å²) in [4.78, 5) is 24.5.